The number of nitrogens with one attached hydrogen (secondary N) is 1. The first-order valence-corrected chi connectivity index (χ1v) is 18.8. The van der Waals surface area contributed by atoms with E-state index in [4.69, 9.17) is 0 Å². The van der Waals surface area contributed by atoms with E-state index in [2.05, 4.69) is 20.5 Å². The van der Waals surface area contributed by atoms with Gasteiger partial charge in [-0.05, 0) is 53.6 Å². The highest BCUT2D eigenvalue weighted by molar-refractivity contribution is 7.89. The van der Waals surface area contributed by atoms with Gasteiger partial charge in [-0.1, -0.05) is 75.3 Å². The lowest BCUT2D eigenvalue weighted by Gasteiger charge is -2.32. The lowest BCUT2D eigenvalue weighted by Crippen LogP contribution is -2.53. The molecular formula is C37H46N8O7S. The van der Waals surface area contributed by atoms with Gasteiger partial charge in [0.2, 0.25) is 21.8 Å². The summed E-state index contributed by atoms with van der Waals surface area (Å²) in [5, 5.41) is 28.5. The first-order valence-electron chi connectivity index (χ1n) is 17.4. The molecule has 3 heterocycles. The molecule has 0 fully saturated rings. The number of hydrogen-bond acceptors (Lipinski definition) is 10. The summed E-state index contributed by atoms with van der Waals surface area (Å²) in [6.07, 6.45) is 1.63. The standard InChI is InChI=1S/C37H46N8O7S/c1-24(2)20-43(53(51,52)28-15-13-27(14-16-28)19-39-50)21-31(46)30(18-26-10-7-6-8-11-26)41-36(48)34(25(3)4)45-23-33(47)44(37(45)49)22-32-40-29-12-9-17-38-35(29)42(32)5/h6-17,23-25,30-31,34,46-47H,18-22H2,1-5H3,(H,41,48)/t30-,31+,34-/m0/s1. The molecule has 16 heteroatoms. The van der Waals surface area contributed by atoms with Gasteiger partial charge in [-0.25, -0.2) is 23.2 Å². The Morgan fingerprint density at radius 3 is 2.30 bits per heavy atom. The predicted octanol–water partition coefficient (Wildman–Crippen LogP) is 3.58. The van der Waals surface area contributed by atoms with Crippen LogP contribution in [-0.4, -0.2) is 77.7 Å². The van der Waals surface area contributed by atoms with E-state index >= 15 is 0 Å². The van der Waals surface area contributed by atoms with E-state index in [9.17, 15) is 33.1 Å². The second-order valence-electron chi connectivity index (χ2n) is 13.9. The van der Waals surface area contributed by atoms with Gasteiger partial charge in [0.25, 0.3) is 0 Å². The molecule has 0 aliphatic rings. The van der Waals surface area contributed by atoms with E-state index in [0.29, 0.717) is 22.6 Å². The number of carbonyl (C=O) groups excluding carboxylic acids is 1. The molecule has 53 heavy (non-hydrogen) atoms. The van der Waals surface area contributed by atoms with Crippen LogP contribution < -0.4 is 11.0 Å². The number of fused-ring (bicyclic) bond motifs is 1. The van der Waals surface area contributed by atoms with Gasteiger partial charge in [-0.2, -0.15) is 9.21 Å². The zero-order chi connectivity index (χ0) is 38.4. The topological polar surface area (TPSA) is 194 Å². The van der Waals surface area contributed by atoms with E-state index < -0.39 is 45.7 Å². The molecule has 282 valence electrons. The van der Waals surface area contributed by atoms with Crippen molar-refractivity contribution in [3.8, 4) is 5.88 Å². The number of aromatic hydroxyl groups is 1. The number of aryl methyl sites for hydroxylation is 1. The van der Waals surface area contributed by atoms with E-state index in [1.54, 1.807) is 43.8 Å². The predicted molar refractivity (Wildman–Crippen MR) is 199 cm³/mol. The molecule has 15 nitrogen and oxygen atoms in total. The van der Waals surface area contributed by atoms with E-state index in [1.807, 2.05) is 44.2 Å². The van der Waals surface area contributed by atoms with Crippen LogP contribution in [-0.2, 0) is 41.4 Å². The van der Waals surface area contributed by atoms with Crippen LogP contribution in [0.25, 0.3) is 11.2 Å². The zero-order valence-corrected chi connectivity index (χ0v) is 31.2. The van der Waals surface area contributed by atoms with Crippen LogP contribution in [0.3, 0.4) is 0 Å². The highest BCUT2D eigenvalue weighted by Crippen LogP contribution is 2.24. The van der Waals surface area contributed by atoms with Gasteiger partial charge in [0.05, 0.1) is 29.8 Å². The number of hydrogen-bond donors (Lipinski definition) is 3. The summed E-state index contributed by atoms with van der Waals surface area (Å²) in [4.78, 5) is 47.6. The second-order valence-corrected chi connectivity index (χ2v) is 15.8. The molecule has 3 atom stereocenters. The SMILES string of the molecule is CC(C)CN(C[C@@H](O)[C@H](Cc1ccccc1)NC(=O)[C@H](C(C)C)n1cc(O)n(Cc2nc3cccnc3n2C)c1=O)S(=O)(=O)c1ccc(CN=O)cc1. The summed E-state index contributed by atoms with van der Waals surface area (Å²) in [6.45, 7) is 6.81. The summed E-state index contributed by atoms with van der Waals surface area (Å²) in [5.41, 5.74) is 1.95. The maximum atomic E-state index is 14.2. The van der Waals surface area contributed by atoms with Crippen molar-refractivity contribution in [1.29, 1.82) is 0 Å². The molecule has 5 aromatic rings. The van der Waals surface area contributed by atoms with Crippen LogP contribution in [0.15, 0.2) is 94.0 Å². The quantitative estimate of drug-likeness (QED) is 0.119. The molecule has 5 rings (SSSR count). The van der Waals surface area contributed by atoms with Crippen LogP contribution in [0, 0.1) is 16.7 Å². The molecule has 0 radical (unpaired) electrons. The number of aromatic nitrogens is 5. The summed E-state index contributed by atoms with van der Waals surface area (Å²) in [7, 11) is -2.35. The number of pyridine rings is 1. The minimum Gasteiger partial charge on any atom is -0.493 e. The van der Waals surface area contributed by atoms with Gasteiger partial charge >= 0.3 is 5.69 Å². The second kappa shape index (κ2) is 16.7. The lowest BCUT2D eigenvalue weighted by molar-refractivity contribution is -0.127. The molecule has 2 aromatic carbocycles. The van der Waals surface area contributed by atoms with Crippen molar-refractivity contribution < 1.29 is 23.4 Å². The molecule has 0 aliphatic carbocycles. The van der Waals surface area contributed by atoms with Crippen LogP contribution in [0.1, 0.15) is 50.7 Å². The Morgan fingerprint density at radius 1 is 0.981 bits per heavy atom. The number of imidazole rings is 2. The largest absolute Gasteiger partial charge is 0.493 e. The monoisotopic (exact) mass is 746 g/mol. The minimum absolute atomic E-state index is 0.0119. The fourth-order valence-electron chi connectivity index (χ4n) is 6.36. The lowest BCUT2D eigenvalue weighted by atomic mass is 9.98. The first kappa shape index (κ1) is 39.0. The maximum Gasteiger partial charge on any atom is 0.332 e. The molecule has 1 amide bonds. The average Bonchev–Trinajstić information content (AvgIpc) is 3.58. The average molecular weight is 747 g/mol. The summed E-state index contributed by atoms with van der Waals surface area (Å²) in [6, 6.07) is 16.5. The third kappa shape index (κ3) is 8.89. The Labute approximate surface area is 308 Å². The smallest absolute Gasteiger partial charge is 0.332 e. The van der Waals surface area contributed by atoms with E-state index in [-0.39, 0.29) is 49.3 Å². The minimum atomic E-state index is -4.11. The Morgan fingerprint density at radius 2 is 1.68 bits per heavy atom. The van der Waals surface area contributed by atoms with Gasteiger partial charge < -0.3 is 20.1 Å². The molecule has 0 spiro atoms. The summed E-state index contributed by atoms with van der Waals surface area (Å²) < 4.78 is 33.0. The first-order chi connectivity index (χ1) is 25.2. The highest BCUT2D eigenvalue weighted by atomic mass is 32.2. The Hall–Kier alpha value is -5.19. The van der Waals surface area contributed by atoms with Gasteiger partial charge in [-0.3, -0.25) is 13.9 Å². The zero-order valence-electron chi connectivity index (χ0n) is 30.4. The maximum absolute atomic E-state index is 14.2. The van der Waals surface area contributed by atoms with Crippen LogP contribution >= 0.6 is 0 Å². The number of rotatable bonds is 17. The molecular weight excluding hydrogens is 701 g/mol. The Bertz CT molecular complexity index is 2200. The van der Waals surface area contributed by atoms with Crippen molar-refractivity contribution in [1.82, 2.24) is 33.3 Å². The molecule has 0 saturated carbocycles. The Kier molecular flexibility index (Phi) is 12.3. The highest BCUT2D eigenvalue weighted by Gasteiger charge is 2.34. The fourth-order valence-corrected chi connectivity index (χ4v) is 7.98. The number of carbonyl (C=O) groups is 1. The van der Waals surface area contributed by atoms with Gasteiger partial charge in [0.1, 0.15) is 23.9 Å². The number of nitrogens with zero attached hydrogens (tertiary/aromatic N) is 7. The molecule has 3 aromatic heterocycles. The van der Waals surface area contributed by atoms with Crippen LogP contribution in [0.5, 0.6) is 5.88 Å². The normalized spacial score (nSPS) is 13.8. The Balaban J connectivity index is 1.43. The molecule has 0 saturated heterocycles. The van der Waals surface area contributed by atoms with Crippen molar-refractivity contribution in [3.63, 3.8) is 0 Å². The molecule has 0 unspecified atom stereocenters. The number of amides is 1. The van der Waals surface area contributed by atoms with E-state index in [0.717, 1.165) is 10.1 Å². The van der Waals surface area contributed by atoms with Crippen molar-refractivity contribution >= 4 is 27.1 Å². The van der Waals surface area contributed by atoms with Crippen molar-refractivity contribution in [2.75, 3.05) is 13.1 Å². The van der Waals surface area contributed by atoms with Crippen molar-refractivity contribution in [2.45, 2.75) is 70.3 Å². The third-order valence-electron chi connectivity index (χ3n) is 9.06. The third-order valence-corrected chi connectivity index (χ3v) is 10.9. The number of benzene rings is 2. The van der Waals surface area contributed by atoms with E-state index in [1.165, 1.54) is 39.3 Å². The molecule has 3 N–H and O–H groups in total. The van der Waals surface area contributed by atoms with Crippen molar-refractivity contribution in [2.24, 2.45) is 24.1 Å². The number of aliphatic hydroxyl groups excluding tert-OH is 1. The van der Waals surface area contributed by atoms with Crippen LogP contribution in [0.4, 0.5) is 0 Å². The molecule has 0 aliphatic heterocycles. The van der Waals surface area contributed by atoms with Crippen LogP contribution in [0.2, 0.25) is 0 Å². The van der Waals surface area contributed by atoms with Gasteiger partial charge in [-0.15, -0.1) is 0 Å². The number of sulfonamides is 1. The fraction of sp³-hybridized carbons (Fsp3) is 0.405. The van der Waals surface area contributed by atoms with Crippen molar-refractivity contribution in [3.05, 3.63) is 111 Å². The van der Waals surface area contributed by atoms with Gasteiger partial charge in [0, 0.05) is 26.3 Å². The summed E-state index contributed by atoms with van der Waals surface area (Å²) in [5.74, 6) is -1.02. The molecule has 0 bridgehead atoms. The van der Waals surface area contributed by atoms with Gasteiger partial charge in [0.15, 0.2) is 5.65 Å². The number of aliphatic hydroxyl groups is 1. The number of nitroso groups, excluding NO2 is 1. The summed E-state index contributed by atoms with van der Waals surface area (Å²) >= 11 is 0.